The molecule has 7 nitrogen and oxygen atoms in total. The largest absolute Gasteiger partial charge is 0.324 e. The number of nitro groups is 1. The third-order valence-corrected chi connectivity index (χ3v) is 4.72. The number of hydrogen-bond acceptors (Lipinski definition) is 5. The van der Waals surface area contributed by atoms with E-state index < -0.39 is 20.5 Å². The van der Waals surface area contributed by atoms with Crippen LogP contribution in [0, 0.1) is 17.0 Å². The Morgan fingerprint density at radius 1 is 1.45 bits per heavy atom. The number of rotatable bonds is 5. The van der Waals surface area contributed by atoms with Crippen LogP contribution in [0.15, 0.2) is 21.5 Å². The molecule has 0 radical (unpaired) electrons. The summed E-state index contributed by atoms with van der Waals surface area (Å²) < 4.78 is 26.9. The summed E-state index contributed by atoms with van der Waals surface area (Å²) in [7, 11) is -3.85. The highest BCUT2D eigenvalue weighted by Gasteiger charge is 2.23. The Kier molecular flexibility index (Phi) is 4.90. The summed E-state index contributed by atoms with van der Waals surface area (Å²) in [6.45, 7) is 4.90. The molecule has 0 saturated carbocycles. The molecule has 0 atom stereocenters. The normalized spacial score (nSPS) is 12.4. The van der Waals surface area contributed by atoms with E-state index in [9.17, 15) is 18.5 Å². The van der Waals surface area contributed by atoms with Gasteiger partial charge in [-0.2, -0.15) is 0 Å². The number of benzene rings is 1. The van der Waals surface area contributed by atoms with Crippen LogP contribution in [0.4, 0.5) is 5.69 Å². The van der Waals surface area contributed by atoms with Crippen LogP contribution < -0.4 is 10.5 Å². The molecule has 20 heavy (non-hydrogen) atoms. The van der Waals surface area contributed by atoms with Crippen molar-refractivity contribution in [2.45, 2.75) is 31.2 Å². The van der Waals surface area contributed by atoms with Crippen LogP contribution in [-0.4, -0.2) is 25.4 Å². The number of nitrogens with one attached hydrogen (secondary N) is 1. The van der Waals surface area contributed by atoms with Gasteiger partial charge in [-0.15, -0.1) is 0 Å². The number of nitrogens with zero attached hydrogens (tertiary/aromatic N) is 1. The Labute approximate surface area is 125 Å². The summed E-state index contributed by atoms with van der Waals surface area (Å²) in [6.07, 6.45) is 0. The molecule has 0 aliphatic carbocycles. The average Bonchev–Trinajstić information content (AvgIpc) is 2.28. The molecule has 3 N–H and O–H groups in total. The topological polar surface area (TPSA) is 115 Å². The van der Waals surface area contributed by atoms with Gasteiger partial charge in [0.2, 0.25) is 10.0 Å². The molecule has 0 saturated heterocycles. The van der Waals surface area contributed by atoms with E-state index in [0.717, 1.165) is 6.07 Å². The number of sulfonamides is 1. The number of hydrogen-bond donors (Lipinski definition) is 2. The molecule has 0 aliphatic rings. The zero-order valence-corrected chi connectivity index (χ0v) is 13.7. The van der Waals surface area contributed by atoms with Crippen LogP contribution in [0.3, 0.4) is 0 Å². The molecule has 0 aromatic heterocycles. The number of halogens is 1. The molecule has 0 unspecified atom stereocenters. The zero-order valence-electron chi connectivity index (χ0n) is 11.3. The second-order valence-corrected chi connectivity index (χ2v) is 7.74. The fourth-order valence-corrected chi connectivity index (χ4v) is 3.22. The summed E-state index contributed by atoms with van der Waals surface area (Å²) in [4.78, 5) is 10.1. The zero-order chi connectivity index (χ0) is 15.7. The van der Waals surface area contributed by atoms with Gasteiger partial charge in [0.1, 0.15) is 0 Å². The van der Waals surface area contributed by atoms with Crippen LogP contribution >= 0.6 is 15.9 Å². The maximum Gasteiger partial charge on any atom is 0.274 e. The summed E-state index contributed by atoms with van der Waals surface area (Å²) >= 11 is 3.13. The lowest BCUT2D eigenvalue weighted by Gasteiger charge is -2.19. The lowest BCUT2D eigenvalue weighted by molar-refractivity contribution is -0.385. The van der Waals surface area contributed by atoms with Gasteiger partial charge >= 0.3 is 0 Å². The van der Waals surface area contributed by atoms with Gasteiger partial charge < -0.3 is 5.73 Å². The molecule has 0 fully saturated rings. The van der Waals surface area contributed by atoms with Crippen molar-refractivity contribution in [2.24, 2.45) is 5.73 Å². The lowest BCUT2D eigenvalue weighted by atomic mass is 10.1. The minimum atomic E-state index is -3.85. The Balaban J connectivity index is 3.23. The monoisotopic (exact) mass is 365 g/mol. The van der Waals surface area contributed by atoms with Crippen LogP contribution in [0.25, 0.3) is 0 Å². The van der Waals surface area contributed by atoms with Gasteiger partial charge in [-0.3, -0.25) is 10.1 Å². The second-order valence-electron chi connectivity index (χ2n) is 5.12. The van der Waals surface area contributed by atoms with Crippen LogP contribution in [-0.2, 0) is 10.0 Å². The summed E-state index contributed by atoms with van der Waals surface area (Å²) in [5, 5.41) is 10.9. The third-order valence-electron chi connectivity index (χ3n) is 2.52. The lowest BCUT2D eigenvalue weighted by Crippen LogP contribution is -2.45. The standard InChI is InChI=1S/C11H16BrN3O4S/c1-7-9(12)4-8(5-10(7)15(16)17)20(18,19)14-6-11(2,3)13/h4-5,14H,6,13H2,1-3H3. The fraction of sp³-hybridized carbons (Fsp3) is 0.455. The van der Waals surface area contributed by atoms with Crippen LogP contribution in [0.2, 0.25) is 0 Å². The van der Waals surface area contributed by atoms with Crippen molar-refractivity contribution in [1.82, 2.24) is 4.72 Å². The average molecular weight is 366 g/mol. The molecular formula is C11H16BrN3O4S. The van der Waals surface area contributed by atoms with E-state index in [1.54, 1.807) is 13.8 Å². The molecule has 9 heteroatoms. The minimum Gasteiger partial charge on any atom is -0.324 e. The first kappa shape index (κ1) is 17.0. The summed E-state index contributed by atoms with van der Waals surface area (Å²) in [5.74, 6) is 0. The van der Waals surface area contributed by atoms with Crippen molar-refractivity contribution in [1.29, 1.82) is 0 Å². The summed E-state index contributed by atoms with van der Waals surface area (Å²) in [6, 6.07) is 2.36. The molecule has 112 valence electrons. The van der Waals surface area contributed by atoms with Gasteiger partial charge in [0, 0.05) is 28.2 Å². The van der Waals surface area contributed by atoms with Crippen LogP contribution in [0.1, 0.15) is 19.4 Å². The predicted molar refractivity (Wildman–Crippen MR) is 79.0 cm³/mol. The highest BCUT2D eigenvalue weighted by Crippen LogP contribution is 2.29. The molecule has 0 amide bonds. The Morgan fingerprint density at radius 2 is 2.00 bits per heavy atom. The Bertz CT molecular complexity index is 638. The van der Waals surface area contributed by atoms with E-state index in [2.05, 4.69) is 20.7 Å². The quantitative estimate of drug-likeness (QED) is 0.608. The highest BCUT2D eigenvalue weighted by molar-refractivity contribution is 9.10. The van der Waals surface area contributed by atoms with E-state index in [0.29, 0.717) is 10.0 Å². The number of nitrogens with two attached hydrogens (primary N) is 1. The van der Waals surface area contributed by atoms with E-state index in [1.165, 1.54) is 13.0 Å². The van der Waals surface area contributed by atoms with E-state index in [-0.39, 0.29) is 17.1 Å². The van der Waals surface area contributed by atoms with Crippen molar-refractivity contribution in [3.8, 4) is 0 Å². The molecule has 0 heterocycles. The van der Waals surface area contributed by atoms with Crippen molar-refractivity contribution >= 4 is 31.6 Å². The van der Waals surface area contributed by atoms with Gasteiger partial charge in [-0.25, -0.2) is 13.1 Å². The second kappa shape index (κ2) is 5.76. The Hall–Kier alpha value is -1.03. The van der Waals surface area contributed by atoms with Crippen molar-refractivity contribution < 1.29 is 13.3 Å². The van der Waals surface area contributed by atoms with Gasteiger partial charge in [0.25, 0.3) is 5.69 Å². The predicted octanol–water partition coefficient (Wildman–Crippen LogP) is 1.68. The molecule has 0 spiro atoms. The summed E-state index contributed by atoms with van der Waals surface area (Å²) in [5.41, 5.74) is 5.10. The third kappa shape index (κ3) is 4.23. The maximum atomic E-state index is 12.1. The first-order valence-electron chi connectivity index (χ1n) is 5.67. The van der Waals surface area contributed by atoms with Crippen molar-refractivity contribution in [2.75, 3.05) is 6.54 Å². The highest BCUT2D eigenvalue weighted by atomic mass is 79.9. The van der Waals surface area contributed by atoms with Gasteiger partial charge in [0.05, 0.1) is 9.82 Å². The Morgan fingerprint density at radius 3 is 2.45 bits per heavy atom. The molecule has 1 aromatic rings. The molecule has 0 aliphatic heterocycles. The first-order chi connectivity index (χ1) is 8.94. The van der Waals surface area contributed by atoms with Gasteiger partial charge in [0.15, 0.2) is 0 Å². The van der Waals surface area contributed by atoms with Crippen molar-refractivity contribution in [3.05, 3.63) is 32.3 Å². The van der Waals surface area contributed by atoms with E-state index in [4.69, 9.17) is 5.73 Å². The molecular weight excluding hydrogens is 350 g/mol. The minimum absolute atomic E-state index is 0.0224. The smallest absolute Gasteiger partial charge is 0.274 e. The molecule has 1 aromatic carbocycles. The van der Waals surface area contributed by atoms with E-state index in [1.807, 2.05) is 0 Å². The molecule has 0 bridgehead atoms. The van der Waals surface area contributed by atoms with Gasteiger partial charge in [-0.1, -0.05) is 15.9 Å². The number of nitro benzene ring substituents is 1. The van der Waals surface area contributed by atoms with Crippen LogP contribution in [0.5, 0.6) is 0 Å². The molecule has 1 rings (SSSR count). The van der Waals surface area contributed by atoms with Gasteiger partial charge in [-0.05, 0) is 26.8 Å². The maximum absolute atomic E-state index is 12.1. The van der Waals surface area contributed by atoms with Crippen molar-refractivity contribution in [3.63, 3.8) is 0 Å². The first-order valence-corrected chi connectivity index (χ1v) is 7.95. The SMILES string of the molecule is Cc1c(Br)cc(S(=O)(=O)NCC(C)(C)N)cc1[N+](=O)[O-]. The fourth-order valence-electron chi connectivity index (χ4n) is 1.35. The van der Waals surface area contributed by atoms with E-state index >= 15 is 0 Å².